The molecule has 7 rings (SSSR count). The minimum absolute atomic E-state index is 0.252. The van der Waals surface area contributed by atoms with Crippen LogP contribution in [0.25, 0.3) is 0 Å². The molecule has 4 nitrogen and oxygen atoms in total. The lowest BCUT2D eigenvalue weighted by atomic mass is 10.1. The van der Waals surface area contributed by atoms with Crippen molar-refractivity contribution in [2.24, 2.45) is 0 Å². The third kappa shape index (κ3) is 7.73. The van der Waals surface area contributed by atoms with E-state index < -0.39 is 11.9 Å². The molecule has 0 spiro atoms. The zero-order valence-electron chi connectivity index (χ0n) is 26.9. The van der Waals surface area contributed by atoms with Crippen LogP contribution in [0, 0.1) is 0 Å². The maximum atomic E-state index is 13.2. The largest absolute Gasteiger partial charge is 0.423 e. The van der Waals surface area contributed by atoms with Crippen molar-refractivity contribution in [3.63, 3.8) is 0 Å². The minimum atomic E-state index is -0.560. The standard InChI is InChI=1S/C44H32O4S2/c45-43(47-35-24-28-41(29-25-35)49(37-16-5-1-6-17-37)38-18-7-2-8-19-38)33-14-13-15-34(32-33)44(46)48-36-26-30-42(31-27-36)50(39-20-9-3-10-21-39)40-22-11-4-12-23-40/h1-32H/q+2. The molecule has 0 aliphatic rings. The third-order valence-electron chi connectivity index (χ3n) is 7.79. The van der Waals surface area contributed by atoms with Crippen LogP contribution in [-0.2, 0) is 21.8 Å². The van der Waals surface area contributed by atoms with E-state index in [0.29, 0.717) is 11.5 Å². The van der Waals surface area contributed by atoms with Gasteiger partial charge in [0.1, 0.15) is 11.5 Å². The van der Waals surface area contributed by atoms with Gasteiger partial charge in [-0.15, -0.1) is 0 Å². The van der Waals surface area contributed by atoms with Crippen LogP contribution < -0.4 is 9.47 Å². The van der Waals surface area contributed by atoms with E-state index in [9.17, 15) is 9.59 Å². The molecule has 0 radical (unpaired) electrons. The molecule has 0 atom stereocenters. The van der Waals surface area contributed by atoms with Gasteiger partial charge in [-0.1, -0.05) is 78.9 Å². The van der Waals surface area contributed by atoms with Crippen molar-refractivity contribution >= 4 is 33.7 Å². The van der Waals surface area contributed by atoms with Crippen molar-refractivity contribution in [3.05, 3.63) is 205 Å². The fraction of sp³-hybridized carbons (Fsp3) is 0. The maximum absolute atomic E-state index is 13.2. The fourth-order valence-electron chi connectivity index (χ4n) is 5.44. The molecule has 0 bridgehead atoms. The van der Waals surface area contributed by atoms with Gasteiger partial charge in [0.15, 0.2) is 29.4 Å². The average Bonchev–Trinajstić information content (AvgIpc) is 3.18. The number of benzene rings is 7. The second-order valence-electron chi connectivity index (χ2n) is 11.2. The monoisotopic (exact) mass is 688 g/mol. The van der Waals surface area contributed by atoms with Crippen LogP contribution in [0.1, 0.15) is 20.7 Å². The van der Waals surface area contributed by atoms with Crippen LogP contribution >= 0.6 is 0 Å². The maximum Gasteiger partial charge on any atom is 0.343 e. The Hall–Kier alpha value is -5.82. The normalized spacial score (nSPS) is 10.9. The van der Waals surface area contributed by atoms with Crippen molar-refractivity contribution in [2.45, 2.75) is 29.4 Å². The van der Waals surface area contributed by atoms with Crippen LogP contribution in [0.15, 0.2) is 223 Å². The van der Waals surface area contributed by atoms with Gasteiger partial charge in [0.05, 0.1) is 32.9 Å². The van der Waals surface area contributed by atoms with Gasteiger partial charge in [-0.2, -0.15) is 0 Å². The Bertz CT molecular complexity index is 1940. The molecule has 6 heteroatoms. The predicted octanol–water partition coefficient (Wildman–Crippen LogP) is 10.3. The lowest BCUT2D eigenvalue weighted by Gasteiger charge is -2.10. The Labute approximate surface area is 297 Å². The quantitative estimate of drug-likeness (QED) is 0.0816. The van der Waals surface area contributed by atoms with Crippen molar-refractivity contribution in [1.29, 1.82) is 0 Å². The summed E-state index contributed by atoms with van der Waals surface area (Å²) in [7, 11) is -0.620. The molecule has 242 valence electrons. The van der Waals surface area contributed by atoms with E-state index in [2.05, 4.69) is 48.5 Å². The summed E-state index contributed by atoms with van der Waals surface area (Å²) in [5.74, 6) is -0.283. The molecule has 0 aliphatic heterocycles. The van der Waals surface area contributed by atoms with Gasteiger partial charge in [0, 0.05) is 0 Å². The summed E-state index contributed by atoms with van der Waals surface area (Å²) in [5.41, 5.74) is 0.504. The summed E-state index contributed by atoms with van der Waals surface area (Å²) in [6.45, 7) is 0. The van der Waals surface area contributed by atoms with Crippen molar-refractivity contribution in [1.82, 2.24) is 0 Å². The van der Waals surface area contributed by atoms with E-state index in [1.54, 1.807) is 18.2 Å². The fourth-order valence-corrected chi connectivity index (χ4v) is 9.60. The number of esters is 2. The molecule has 7 aromatic rings. The van der Waals surface area contributed by atoms with Crippen LogP contribution in [0.5, 0.6) is 11.5 Å². The summed E-state index contributed by atoms with van der Waals surface area (Å²) < 4.78 is 11.4. The first-order chi connectivity index (χ1) is 24.6. The lowest BCUT2D eigenvalue weighted by molar-refractivity contribution is 0.0734. The highest BCUT2D eigenvalue weighted by molar-refractivity contribution is 7.97. The van der Waals surface area contributed by atoms with E-state index in [1.807, 2.05) is 121 Å². The second kappa shape index (κ2) is 15.6. The van der Waals surface area contributed by atoms with E-state index in [-0.39, 0.29) is 32.9 Å². The minimum Gasteiger partial charge on any atom is -0.423 e. The summed E-state index contributed by atoms with van der Waals surface area (Å²) in [5, 5.41) is 0. The Balaban J connectivity index is 1.03. The Kier molecular flexibility index (Phi) is 10.2. The molecule has 0 fully saturated rings. The summed E-state index contributed by atoms with van der Waals surface area (Å²) >= 11 is 0. The number of hydrogen-bond donors (Lipinski definition) is 0. The van der Waals surface area contributed by atoms with Crippen molar-refractivity contribution in [2.75, 3.05) is 0 Å². The first-order valence-electron chi connectivity index (χ1n) is 16.1. The number of rotatable bonds is 10. The predicted molar refractivity (Wildman–Crippen MR) is 199 cm³/mol. The molecule has 50 heavy (non-hydrogen) atoms. The highest BCUT2D eigenvalue weighted by atomic mass is 32.2. The molecule has 0 heterocycles. The molecular weight excluding hydrogens is 657 g/mol. The molecule has 7 aromatic carbocycles. The van der Waals surface area contributed by atoms with E-state index >= 15 is 0 Å². The molecule has 0 unspecified atom stereocenters. The molecule has 0 aliphatic carbocycles. The van der Waals surface area contributed by atoms with Crippen molar-refractivity contribution < 1.29 is 19.1 Å². The highest BCUT2D eigenvalue weighted by Gasteiger charge is 2.29. The number of carbonyl (C=O) groups excluding carboxylic acids is 2. The van der Waals surface area contributed by atoms with Gasteiger partial charge >= 0.3 is 11.9 Å². The molecule has 0 N–H and O–H groups in total. The molecular formula is C44H32O4S2+2. The SMILES string of the molecule is O=C(Oc1ccc([S+](c2ccccc2)c2ccccc2)cc1)c1cccc(C(=O)Oc2ccc([S+](c3ccccc3)c3ccccc3)cc2)c1. The van der Waals surface area contributed by atoms with Gasteiger partial charge in [-0.3, -0.25) is 0 Å². The molecule has 0 amide bonds. The van der Waals surface area contributed by atoms with E-state index in [0.717, 1.165) is 9.79 Å². The molecule has 0 saturated heterocycles. The Morgan fingerprint density at radius 2 is 0.600 bits per heavy atom. The summed E-state index contributed by atoms with van der Waals surface area (Å²) in [4.78, 5) is 33.4. The van der Waals surface area contributed by atoms with E-state index in [1.165, 1.54) is 25.6 Å². The van der Waals surface area contributed by atoms with Gasteiger partial charge < -0.3 is 9.47 Å². The van der Waals surface area contributed by atoms with Crippen LogP contribution in [-0.4, -0.2) is 11.9 Å². The van der Waals surface area contributed by atoms with Crippen molar-refractivity contribution in [3.8, 4) is 11.5 Å². The second-order valence-corrected chi connectivity index (χ2v) is 15.2. The van der Waals surface area contributed by atoms with Gasteiger partial charge in [0.25, 0.3) is 0 Å². The first kappa shape index (κ1) is 32.7. The first-order valence-corrected chi connectivity index (χ1v) is 18.5. The number of hydrogen-bond acceptors (Lipinski definition) is 4. The highest BCUT2D eigenvalue weighted by Crippen LogP contribution is 2.33. The zero-order valence-corrected chi connectivity index (χ0v) is 28.6. The Morgan fingerprint density at radius 1 is 0.320 bits per heavy atom. The third-order valence-corrected chi connectivity index (χ3v) is 12.3. The molecule has 0 saturated carbocycles. The van der Waals surface area contributed by atoms with Crippen LogP contribution in [0.2, 0.25) is 0 Å². The smallest absolute Gasteiger partial charge is 0.343 e. The van der Waals surface area contributed by atoms with E-state index in [4.69, 9.17) is 9.47 Å². The lowest BCUT2D eigenvalue weighted by Crippen LogP contribution is -2.13. The van der Waals surface area contributed by atoms with Gasteiger partial charge in [-0.05, 0) is 115 Å². The zero-order chi connectivity index (χ0) is 34.1. The summed E-state index contributed by atoms with van der Waals surface area (Å²) in [6.07, 6.45) is 0. The topological polar surface area (TPSA) is 52.6 Å². The van der Waals surface area contributed by atoms with Crippen LogP contribution in [0.4, 0.5) is 0 Å². The van der Waals surface area contributed by atoms with Crippen LogP contribution in [0.3, 0.4) is 0 Å². The number of carbonyl (C=O) groups is 2. The molecule has 0 aromatic heterocycles. The Morgan fingerprint density at radius 3 is 0.900 bits per heavy atom. The van der Waals surface area contributed by atoms with Gasteiger partial charge in [0.2, 0.25) is 0 Å². The summed E-state index contributed by atoms with van der Waals surface area (Å²) in [6, 6.07) is 63.0. The van der Waals surface area contributed by atoms with Gasteiger partial charge in [-0.25, -0.2) is 9.59 Å². The average molecular weight is 689 g/mol. The number of ether oxygens (including phenoxy) is 2.